The smallest absolute Gasteiger partial charge is 0.475 e. The number of hydrogen-bond acceptors (Lipinski definition) is 6. The third kappa shape index (κ3) is 13.0. The first-order valence-electron chi connectivity index (χ1n) is 18.2. The van der Waals surface area contributed by atoms with Gasteiger partial charge in [-0.1, -0.05) is 67.0 Å². The topological polar surface area (TPSA) is 119 Å². The number of nitrogens with zero attached hydrogens (tertiary/aromatic N) is 3. The number of halogens is 5. The normalized spacial score (nSPS) is 23.9. The van der Waals surface area contributed by atoms with Crippen LogP contribution in [0.2, 0.25) is 10.0 Å². The molecule has 6 atom stereocenters. The van der Waals surface area contributed by atoms with Gasteiger partial charge in [0.15, 0.2) is 0 Å². The Morgan fingerprint density at radius 3 is 1.45 bits per heavy atom. The lowest BCUT2D eigenvalue weighted by Gasteiger charge is -2.30. The maximum absolute atomic E-state index is 12.3. The summed E-state index contributed by atoms with van der Waals surface area (Å²) >= 11 is 12.5. The molecule has 2 unspecified atom stereocenters. The van der Waals surface area contributed by atoms with Crippen molar-refractivity contribution in [1.82, 2.24) is 20.0 Å². The number of nitrogens with one attached hydrogen (secondary N) is 1. The molecular weight excluding hydrogens is 760 g/mol. The lowest BCUT2D eigenvalue weighted by molar-refractivity contribution is -0.192. The average Bonchev–Trinajstić information content (AvgIpc) is 3.84. The summed E-state index contributed by atoms with van der Waals surface area (Å²) in [5.74, 6) is -0.188. The summed E-state index contributed by atoms with van der Waals surface area (Å²) < 4.78 is 37.2. The molecule has 15 heteroatoms. The summed E-state index contributed by atoms with van der Waals surface area (Å²) in [6.07, 6.45) is -1.21. The number of alkyl halides is 3. The number of ether oxygens (including phenoxy) is 1. The molecule has 2 aliphatic carbocycles. The minimum atomic E-state index is -5.08. The fraction of sp³-hybridized carbons (Fsp3) is 0.600. The van der Waals surface area contributed by atoms with Crippen molar-refractivity contribution < 1.29 is 42.2 Å². The Bertz CT molecular complexity index is 1610. The largest absolute Gasteiger partial charge is 0.490 e. The van der Waals surface area contributed by atoms with Gasteiger partial charge in [0.05, 0.1) is 0 Å². The molecule has 2 N–H and O–H groups in total. The quantitative estimate of drug-likeness (QED) is 0.301. The van der Waals surface area contributed by atoms with Crippen molar-refractivity contribution in [3.05, 3.63) is 69.7 Å². The molecule has 0 spiro atoms. The molecule has 2 saturated carbocycles. The molecule has 3 amide bonds. The van der Waals surface area contributed by atoms with E-state index in [1.807, 2.05) is 84.0 Å². The van der Waals surface area contributed by atoms with Gasteiger partial charge in [-0.05, 0) is 106 Å². The predicted molar refractivity (Wildman–Crippen MR) is 206 cm³/mol. The van der Waals surface area contributed by atoms with Gasteiger partial charge in [0, 0.05) is 62.2 Å². The second kappa shape index (κ2) is 19.5. The summed E-state index contributed by atoms with van der Waals surface area (Å²) in [6.45, 7) is 13.8. The van der Waals surface area contributed by atoms with E-state index >= 15 is 0 Å². The van der Waals surface area contributed by atoms with Gasteiger partial charge in [0.2, 0.25) is 11.8 Å². The number of carbonyl (C=O) groups excluding carboxylic acids is 3. The third-order valence-corrected chi connectivity index (χ3v) is 11.3. The second-order valence-electron chi connectivity index (χ2n) is 15.6. The first kappa shape index (κ1) is 45.8. The minimum Gasteiger partial charge on any atom is -0.475 e. The number of amides is 3. The van der Waals surface area contributed by atoms with Crippen LogP contribution in [0, 0.1) is 23.7 Å². The molecule has 10 nitrogen and oxygen atoms in total. The summed E-state index contributed by atoms with van der Waals surface area (Å²) in [5, 5.41) is 12.0. The van der Waals surface area contributed by atoms with Gasteiger partial charge in [0.25, 0.3) is 0 Å². The van der Waals surface area contributed by atoms with Gasteiger partial charge in [-0.3, -0.25) is 9.59 Å². The number of hydrogen-bond donors (Lipinski definition) is 2. The highest BCUT2D eigenvalue weighted by atomic mass is 35.5. The highest BCUT2D eigenvalue weighted by Crippen LogP contribution is 2.41. The van der Waals surface area contributed by atoms with Crippen molar-refractivity contribution in [1.29, 1.82) is 0 Å². The van der Waals surface area contributed by atoms with Crippen LogP contribution in [0.4, 0.5) is 18.0 Å². The SMILES string of the molecule is C.CC(=O)N(Cc1ccccc1Cl)C1C[C@@H]2CN(C(=O)OC(C)(C)C)C[C@@H]2C1.CC(=O)N(Cc1ccccc1Cl)C1C[C@H]2CNC[C@H]2C1.O=C(O)C(F)(F)F. The van der Waals surface area contributed by atoms with E-state index in [1.165, 1.54) is 0 Å². The van der Waals surface area contributed by atoms with E-state index in [0.717, 1.165) is 66.8 Å². The standard InChI is InChI=1S/C21H29ClN2O3.C16H21ClN2O.C2HF3O2.CH4/c1-14(25)24(13-15-7-5-6-8-19(15)22)18-9-16-11-23(12-17(16)10-18)20(26)27-21(2,3)4;1-11(20)19(10-12-4-2-3-5-16(12)17)15-6-13-8-18-9-14(13)7-15;3-2(4,5)1(6)7;/h5-8,16-18H,9-13H2,1-4H3;2-5,13-15,18H,6-10H2,1H3;(H,6,7);1H4/t16-,17+,18?;13-,14+,15?;;. The Hall–Kier alpha value is -3.55. The van der Waals surface area contributed by atoms with E-state index in [2.05, 4.69) is 5.32 Å². The lowest BCUT2D eigenvalue weighted by Crippen LogP contribution is -2.39. The van der Waals surface area contributed by atoms with E-state index in [-0.39, 0.29) is 31.4 Å². The molecule has 2 aromatic carbocycles. The molecular formula is C40H55Cl2F3N4O6. The fourth-order valence-corrected chi connectivity index (χ4v) is 8.39. The van der Waals surface area contributed by atoms with Gasteiger partial charge in [-0.15, -0.1) is 0 Å². The monoisotopic (exact) mass is 814 g/mol. The Kier molecular flexibility index (Phi) is 16.3. The van der Waals surface area contributed by atoms with Crippen LogP contribution in [0.5, 0.6) is 0 Å². The summed E-state index contributed by atoms with van der Waals surface area (Å²) in [4.78, 5) is 51.3. The molecule has 4 aliphatic rings. The van der Waals surface area contributed by atoms with Crippen LogP contribution < -0.4 is 5.32 Å². The van der Waals surface area contributed by atoms with Crippen LogP contribution >= 0.6 is 23.2 Å². The number of likely N-dealkylation sites (tertiary alicyclic amines) is 1. The fourth-order valence-electron chi connectivity index (χ4n) is 8.00. The second-order valence-corrected chi connectivity index (χ2v) is 16.4. The summed E-state index contributed by atoms with van der Waals surface area (Å²) in [7, 11) is 0. The average molecular weight is 816 g/mol. The molecule has 2 aromatic rings. The maximum atomic E-state index is 12.3. The van der Waals surface area contributed by atoms with Crippen LogP contribution in [0.1, 0.15) is 78.9 Å². The van der Waals surface area contributed by atoms with Gasteiger partial charge >= 0.3 is 18.2 Å². The van der Waals surface area contributed by atoms with Crippen molar-refractivity contribution in [2.75, 3.05) is 26.2 Å². The zero-order valence-corrected chi connectivity index (χ0v) is 32.9. The van der Waals surface area contributed by atoms with Crippen molar-refractivity contribution in [3.63, 3.8) is 0 Å². The van der Waals surface area contributed by atoms with Gasteiger partial charge in [-0.2, -0.15) is 13.2 Å². The van der Waals surface area contributed by atoms with Crippen molar-refractivity contribution in [2.45, 2.75) is 105 Å². The molecule has 306 valence electrons. The van der Waals surface area contributed by atoms with Crippen LogP contribution in [-0.4, -0.2) is 93.7 Å². The Morgan fingerprint density at radius 1 is 0.764 bits per heavy atom. The molecule has 55 heavy (non-hydrogen) atoms. The Morgan fingerprint density at radius 2 is 1.13 bits per heavy atom. The zero-order chi connectivity index (χ0) is 40.0. The number of carboxylic acids is 1. The highest BCUT2D eigenvalue weighted by molar-refractivity contribution is 6.31. The molecule has 6 rings (SSSR count). The third-order valence-electron chi connectivity index (χ3n) is 10.5. The molecule has 2 aliphatic heterocycles. The van der Waals surface area contributed by atoms with Crippen molar-refractivity contribution in [2.24, 2.45) is 23.7 Å². The number of rotatable bonds is 6. The minimum absolute atomic E-state index is 0. The first-order chi connectivity index (χ1) is 25.2. The van der Waals surface area contributed by atoms with Crippen LogP contribution in [0.15, 0.2) is 48.5 Å². The number of carboxylic acid groups (broad SMARTS) is 1. The molecule has 0 bridgehead atoms. The summed E-state index contributed by atoms with van der Waals surface area (Å²) in [5.41, 5.74) is 1.54. The molecule has 0 radical (unpaired) electrons. The summed E-state index contributed by atoms with van der Waals surface area (Å²) in [6, 6.07) is 16.1. The van der Waals surface area contributed by atoms with Crippen LogP contribution in [-0.2, 0) is 32.2 Å². The Balaban J connectivity index is 0.000000255. The first-order valence-corrected chi connectivity index (χ1v) is 19.0. The van der Waals surface area contributed by atoms with E-state index in [1.54, 1.807) is 13.8 Å². The number of fused-ring (bicyclic) bond motifs is 2. The van der Waals surface area contributed by atoms with Gasteiger partial charge < -0.3 is 29.9 Å². The maximum Gasteiger partial charge on any atom is 0.490 e. The Labute approximate surface area is 332 Å². The van der Waals surface area contributed by atoms with E-state index < -0.39 is 17.7 Å². The number of carbonyl (C=O) groups is 4. The van der Waals surface area contributed by atoms with Gasteiger partial charge in [-0.25, -0.2) is 9.59 Å². The van der Waals surface area contributed by atoms with Crippen molar-refractivity contribution in [3.8, 4) is 0 Å². The van der Waals surface area contributed by atoms with E-state index in [0.29, 0.717) is 49.1 Å². The van der Waals surface area contributed by atoms with Crippen LogP contribution in [0.25, 0.3) is 0 Å². The lowest BCUT2D eigenvalue weighted by atomic mass is 10.0. The molecule has 4 fully saturated rings. The number of aliphatic carboxylic acids is 1. The van der Waals surface area contributed by atoms with E-state index in [4.69, 9.17) is 37.8 Å². The predicted octanol–water partition coefficient (Wildman–Crippen LogP) is 8.29. The molecule has 0 aromatic heterocycles. The van der Waals surface area contributed by atoms with Crippen LogP contribution in [0.3, 0.4) is 0 Å². The molecule has 2 heterocycles. The van der Waals surface area contributed by atoms with Crippen molar-refractivity contribution >= 4 is 47.1 Å². The highest BCUT2D eigenvalue weighted by Gasteiger charge is 2.45. The zero-order valence-electron chi connectivity index (χ0n) is 31.4. The molecule has 2 saturated heterocycles. The number of benzene rings is 2. The van der Waals surface area contributed by atoms with E-state index in [9.17, 15) is 27.6 Å². The van der Waals surface area contributed by atoms with Gasteiger partial charge in [0.1, 0.15) is 5.60 Å².